The molecule has 0 radical (unpaired) electrons. The Morgan fingerprint density at radius 1 is 1.11 bits per heavy atom. The third-order valence-corrected chi connectivity index (χ3v) is 7.85. The minimum absolute atomic E-state index is 0.0372. The van der Waals surface area contributed by atoms with E-state index in [2.05, 4.69) is 5.10 Å². The predicted octanol–water partition coefficient (Wildman–Crippen LogP) is 6.01. The van der Waals surface area contributed by atoms with E-state index in [4.69, 9.17) is 23.2 Å². The summed E-state index contributed by atoms with van der Waals surface area (Å²) in [6, 6.07) is 8.98. The molecule has 2 aliphatic rings. The minimum Gasteiger partial charge on any atom is -0.331 e. The molecule has 11 heteroatoms. The van der Waals surface area contributed by atoms with Gasteiger partial charge in [-0.15, -0.1) is 0 Å². The quantitative estimate of drug-likeness (QED) is 0.401. The van der Waals surface area contributed by atoms with Crippen molar-refractivity contribution in [2.75, 3.05) is 6.54 Å². The van der Waals surface area contributed by atoms with Gasteiger partial charge in [-0.2, -0.15) is 18.3 Å². The van der Waals surface area contributed by atoms with Crippen LogP contribution in [0.3, 0.4) is 0 Å². The van der Waals surface area contributed by atoms with E-state index in [0.29, 0.717) is 34.8 Å². The molecule has 2 aromatic carbocycles. The average molecular weight is 551 g/mol. The zero-order valence-electron chi connectivity index (χ0n) is 20.0. The van der Waals surface area contributed by atoms with Crippen molar-refractivity contribution < 1.29 is 22.8 Å². The first-order valence-electron chi connectivity index (χ1n) is 11.8. The average Bonchev–Trinajstić information content (AvgIpc) is 3.22. The summed E-state index contributed by atoms with van der Waals surface area (Å²) in [4.78, 5) is 30.1. The van der Waals surface area contributed by atoms with E-state index in [1.54, 1.807) is 28.6 Å². The number of hydrogen-bond donors (Lipinski definition) is 0. The Labute approximate surface area is 221 Å². The molecule has 5 rings (SSSR count). The molecule has 3 aromatic rings. The maximum Gasteiger partial charge on any atom is 0.416 e. The van der Waals surface area contributed by atoms with Crippen molar-refractivity contribution in [2.24, 2.45) is 0 Å². The van der Waals surface area contributed by atoms with Crippen molar-refractivity contribution in [2.45, 2.75) is 51.6 Å². The highest BCUT2D eigenvalue weighted by Crippen LogP contribution is 2.38. The Morgan fingerprint density at radius 2 is 1.84 bits per heavy atom. The molecule has 0 N–H and O–H groups in total. The van der Waals surface area contributed by atoms with E-state index < -0.39 is 23.7 Å². The standard InChI is InChI=1S/C26H23Cl2F3N4O2/c1-14-11-22-18(13-34(14)24(36)16-7-8-20(27)21(28)12-16)23-25(37)33(9-10-35(23)32-22)15(2)17-5-3-4-6-19(17)26(29,30)31/h3-8,12,14-15H,9-11,13H2,1-2H3/t14-,15+/m1/s1. The summed E-state index contributed by atoms with van der Waals surface area (Å²) in [6.07, 6.45) is -4.09. The fourth-order valence-electron chi connectivity index (χ4n) is 5.16. The molecular weight excluding hydrogens is 528 g/mol. The second-order valence-corrected chi connectivity index (χ2v) is 10.2. The normalized spacial score (nSPS) is 18.5. The largest absolute Gasteiger partial charge is 0.416 e. The molecule has 0 aliphatic carbocycles. The van der Waals surface area contributed by atoms with Crippen LogP contribution in [-0.2, 0) is 25.7 Å². The van der Waals surface area contributed by atoms with Gasteiger partial charge in [0.25, 0.3) is 11.8 Å². The van der Waals surface area contributed by atoms with Crippen LogP contribution in [0.5, 0.6) is 0 Å². The van der Waals surface area contributed by atoms with Crippen molar-refractivity contribution in [3.63, 3.8) is 0 Å². The highest BCUT2D eigenvalue weighted by molar-refractivity contribution is 6.42. The molecular formula is C26H23Cl2F3N4O2. The second kappa shape index (κ2) is 9.36. The van der Waals surface area contributed by atoms with E-state index in [1.165, 1.54) is 29.2 Å². The highest BCUT2D eigenvalue weighted by atomic mass is 35.5. The van der Waals surface area contributed by atoms with Crippen LogP contribution in [0.25, 0.3) is 0 Å². The lowest BCUT2D eigenvalue weighted by atomic mass is 9.96. The number of halogens is 5. The highest BCUT2D eigenvalue weighted by Gasteiger charge is 2.40. The molecule has 194 valence electrons. The maximum atomic E-state index is 13.7. The fraction of sp³-hybridized carbons (Fsp3) is 0.346. The van der Waals surface area contributed by atoms with Gasteiger partial charge in [0.05, 0.1) is 40.4 Å². The van der Waals surface area contributed by atoms with E-state index in [9.17, 15) is 22.8 Å². The zero-order valence-corrected chi connectivity index (χ0v) is 21.5. The molecule has 0 unspecified atom stereocenters. The summed E-state index contributed by atoms with van der Waals surface area (Å²) in [5.74, 6) is -0.662. The van der Waals surface area contributed by atoms with Gasteiger partial charge >= 0.3 is 6.18 Å². The first kappa shape index (κ1) is 25.6. The van der Waals surface area contributed by atoms with Crippen LogP contribution in [0.1, 0.15) is 63.1 Å². The Morgan fingerprint density at radius 3 is 2.54 bits per heavy atom. The van der Waals surface area contributed by atoms with Crippen LogP contribution < -0.4 is 0 Å². The van der Waals surface area contributed by atoms with Crippen molar-refractivity contribution in [1.29, 1.82) is 0 Å². The van der Waals surface area contributed by atoms with Gasteiger partial charge in [0.1, 0.15) is 5.69 Å². The van der Waals surface area contributed by atoms with Crippen molar-refractivity contribution in [3.8, 4) is 0 Å². The van der Waals surface area contributed by atoms with Gasteiger partial charge in [-0.3, -0.25) is 14.3 Å². The van der Waals surface area contributed by atoms with E-state index in [-0.39, 0.29) is 35.6 Å². The number of carbonyl (C=O) groups excluding carboxylic acids is 2. The zero-order chi connectivity index (χ0) is 26.6. The lowest BCUT2D eigenvalue weighted by molar-refractivity contribution is -0.138. The van der Waals surface area contributed by atoms with Crippen LogP contribution in [0.4, 0.5) is 13.2 Å². The van der Waals surface area contributed by atoms with E-state index in [1.807, 2.05) is 6.92 Å². The van der Waals surface area contributed by atoms with Crippen LogP contribution in [0.2, 0.25) is 10.0 Å². The third kappa shape index (κ3) is 4.48. The van der Waals surface area contributed by atoms with Crippen LogP contribution >= 0.6 is 23.2 Å². The van der Waals surface area contributed by atoms with Gasteiger partial charge < -0.3 is 9.80 Å². The molecule has 0 spiro atoms. The number of nitrogens with zero attached hydrogens (tertiary/aromatic N) is 4. The molecule has 0 fully saturated rings. The number of alkyl halides is 3. The molecule has 37 heavy (non-hydrogen) atoms. The summed E-state index contributed by atoms with van der Waals surface area (Å²) >= 11 is 12.1. The molecule has 1 aromatic heterocycles. The molecule has 3 heterocycles. The van der Waals surface area contributed by atoms with E-state index in [0.717, 1.165) is 11.8 Å². The monoisotopic (exact) mass is 550 g/mol. The van der Waals surface area contributed by atoms with Crippen molar-refractivity contribution in [1.82, 2.24) is 19.6 Å². The van der Waals surface area contributed by atoms with Crippen LogP contribution in [0, 0.1) is 0 Å². The fourth-order valence-corrected chi connectivity index (χ4v) is 5.46. The van der Waals surface area contributed by atoms with Gasteiger partial charge in [0, 0.05) is 30.1 Å². The third-order valence-electron chi connectivity index (χ3n) is 7.11. The summed E-state index contributed by atoms with van der Waals surface area (Å²) in [6.45, 7) is 4.23. The molecule has 0 bridgehead atoms. The van der Waals surface area contributed by atoms with Gasteiger partial charge in [-0.05, 0) is 43.7 Å². The number of fused-ring (bicyclic) bond motifs is 3. The second-order valence-electron chi connectivity index (χ2n) is 9.37. The SMILES string of the molecule is C[C@@H]1Cc2nn3c(c2CN1C(=O)c1ccc(Cl)c(Cl)c1)C(=O)N([C@@H](C)c1ccccc1C(F)(F)F)CC3. The first-order valence-corrected chi connectivity index (χ1v) is 12.5. The maximum absolute atomic E-state index is 13.7. The predicted molar refractivity (Wildman–Crippen MR) is 133 cm³/mol. The Bertz CT molecular complexity index is 1400. The summed E-state index contributed by atoms with van der Waals surface area (Å²) in [5.41, 5.74) is 1.31. The van der Waals surface area contributed by atoms with Crippen LogP contribution in [-0.4, -0.2) is 44.0 Å². The van der Waals surface area contributed by atoms with Crippen molar-refractivity contribution >= 4 is 35.0 Å². The smallest absolute Gasteiger partial charge is 0.331 e. The lowest BCUT2D eigenvalue weighted by Crippen LogP contribution is -2.45. The number of rotatable bonds is 3. The summed E-state index contributed by atoms with van der Waals surface area (Å²) in [5, 5.41) is 5.22. The summed E-state index contributed by atoms with van der Waals surface area (Å²) in [7, 11) is 0. The Hall–Kier alpha value is -3.04. The number of aromatic nitrogens is 2. The first-order chi connectivity index (χ1) is 17.5. The van der Waals surface area contributed by atoms with Gasteiger partial charge in [-0.1, -0.05) is 41.4 Å². The van der Waals surface area contributed by atoms with E-state index >= 15 is 0 Å². The number of hydrogen-bond acceptors (Lipinski definition) is 3. The number of benzene rings is 2. The molecule has 2 atom stereocenters. The Balaban J connectivity index is 1.46. The molecule has 0 saturated carbocycles. The van der Waals surface area contributed by atoms with Gasteiger partial charge in [0.15, 0.2) is 0 Å². The molecule has 0 saturated heterocycles. The lowest BCUT2D eigenvalue weighted by Gasteiger charge is -2.36. The molecule has 2 aliphatic heterocycles. The number of carbonyl (C=O) groups is 2. The Kier molecular flexibility index (Phi) is 6.48. The van der Waals surface area contributed by atoms with Gasteiger partial charge in [0.2, 0.25) is 0 Å². The summed E-state index contributed by atoms with van der Waals surface area (Å²) < 4.78 is 42.6. The van der Waals surface area contributed by atoms with Crippen molar-refractivity contribution in [3.05, 3.63) is 86.2 Å². The number of amides is 2. The van der Waals surface area contributed by atoms with Crippen LogP contribution in [0.15, 0.2) is 42.5 Å². The molecule has 6 nitrogen and oxygen atoms in total. The topological polar surface area (TPSA) is 58.4 Å². The minimum atomic E-state index is -4.54. The molecule has 2 amide bonds. The van der Waals surface area contributed by atoms with Gasteiger partial charge in [-0.25, -0.2) is 0 Å².